The molecule has 1 atom stereocenters. The molecule has 4 heteroatoms. The number of carbonyl (C=O) groups is 1. The van der Waals surface area contributed by atoms with E-state index in [2.05, 4.69) is 24.1 Å². The summed E-state index contributed by atoms with van der Waals surface area (Å²) in [5.74, 6) is 1.42. The number of hydrogen-bond acceptors (Lipinski definition) is 4. The van der Waals surface area contributed by atoms with E-state index >= 15 is 0 Å². The van der Waals surface area contributed by atoms with Crippen LogP contribution in [0.3, 0.4) is 0 Å². The molecular weight excluding hydrogens is 276 g/mol. The van der Waals surface area contributed by atoms with Crippen LogP contribution in [0, 0.1) is 6.92 Å². The average molecular weight is 304 g/mol. The average Bonchev–Trinajstić information content (AvgIpc) is 2.53. The predicted molar refractivity (Wildman–Crippen MR) is 90.1 cm³/mol. The van der Waals surface area contributed by atoms with E-state index in [0.29, 0.717) is 5.92 Å². The second kappa shape index (κ2) is 7.25. The van der Waals surface area contributed by atoms with Gasteiger partial charge in [0.1, 0.15) is 5.75 Å². The fourth-order valence-corrected chi connectivity index (χ4v) is 3.05. The topological polar surface area (TPSA) is 41.6 Å². The fourth-order valence-electron chi connectivity index (χ4n) is 3.05. The van der Waals surface area contributed by atoms with Crippen molar-refractivity contribution in [2.24, 2.45) is 0 Å². The van der Waals surface area contributed by atoms with Crippen molar-refractivity contribution in [3.8, 4) is 5.75 Å². The van der Waals surface area contributed by atoms with Gasteiger partial charge in [-0.2, -0.15) is 0 Å². The molecule has 0 aromatic heterocycles. The van der Waals surface area contributed by atoms with Crippen molar-refractivity contribution in [2.45, 2.75) is 39.7 Å². The van der Waals surface area contributed by atoms with E-state index in [1.54, 1.807) is 7.11 Å². The molecule has 1 unspecified atom stereocenters. The minimum atomic E-state index is -0.0748. The molecule has 1 fully saturated rings. The van der Waals surface area contributed by atoms with Gasteiger partial charge in [0, 0.05) is 31.7 Å². The van der Waals surface area contributed by atoms with Crippen LogP contribution >= 0.6 is 0 Å². The summed E-state index contributed by atoms with van der Waals surface area (Å²) in [6.07, 6.45) is 0. The van der Waals surface area contributed by atoms with Gasteiger partial charge >= 0.3 is 0 Å². The highest BCUT2D eigenvalue weighted by molar-refractivity contribution is 6.01. The summed E-state index contributed by atoms with van der Waals surface area (Å²) in [6.45, 7) is 12.0. The molecule has 2 rings (SSSR count). The van der Waals surface area contributed by atoms with Crippen molar-refractivity contribution in [1.82, 2.24) is 10.2 Å². The van der Waals surface area contributed by atoms with Crippen molar-refractivity contribution in [3.05, 3.63) is 28.8 Å². The third-order valence-corrected chi connectivity index (χ3v) is 4.54. The molecule has 4 nitrogen and oxygen atoms in total. The number of carbonyl (C=O) groups excluding carboxylic acids is 1. The van der Waals surface area contributed by atoms with E-state index in [1.807, 2.05) is 26.0 Å². The third-order valence-electron chi connectivity index (χ3n) is 4.54. The van der Waals surface area contributed by atoms with E-state index in [-0.39, 0.29) is 11.8 Å². The molecule has 0 amide bonds. The Labute approximate surface area is 133 Å². The number of ketones is 1. The number of hydrogen-bond donors (Lipinski definition) is 1. The SMILES string of the molecule is COc1cc(C)c(C(=O)C(C)N2CCNCC2)cc1C(C)C. The minimum absolute atomic E-state index is 0.0748. The van der Waals surface area contributed by atoms with Crippen LogP contribution in [-0.2, 0) is 0 Å². The molecule has 1 saturated heterocycles. The molecule has 1 aliphatic rings. The molecule has 0 aliphatic carbocycles. The number of methoxy groups -OCH3 is 1. The van der Waals surface area contributed by atoms with E-state index in [4.69, 9.17) is 4.74 Å². The first-order chi connectivity index (χ1) is 10.5. The van der Waals surface area contributed by atoms with E-state index in [0.717, 1.165) is 48.6 Å². The lowest BCUT2D eigenvalue weighted by Gasteiger charge is -2.32. The lowest BCUT2D eigenvalue weighted by molar-refractivity contribution is 0.0819. The number of piperazine rings is 1. The van der Waals surface area contributed by atoms with Crippen molar-refractivity contribution < 1.29 is 9.53 Å². The quantitative estimate of drug-likeness (QED) is 0.849. The lowest BCUT2D eigenvalue weighted by Crippen LogP contribution is -2.50. The summed E-state index contributed by atoms with van der Waals surface area (Å²) in [5, 5.41) is 3.33. The zero-order valence-electron chi connectivity index (χ0n) is 14.4. The monoisotopic (exact) mass is 304 g/mol. The van der Waals surface area contributed by atoms with Gasteiger partial charge in [0.2, 0.25) is 0 Å². The zero-order valence-corrected chi connectivity index (χ0v) is 14.4. The summed E-state index contributed by atoms with van der Waals surface area (Å²) in [4.78, 5) is 15.2. The molecule has 1 aromatic carbocycles. The van der Waals surface area contributed by atoms with Crippen molar-refractivity contribution in [3.63, 3.8) is 0 Å². The Hall–Kier alpha value is -1.39. The summed E-state index contributed by atoms with van der Waals surface area (Å²) in [7, 11) is 1.69. The van der Waals surface area contributed by atoms with Gasteiger partial charge in [0.25, 0.3) is 0 Å². The minimum Gasteiger partial charge on any atom is -0.496 e. The van der Waals surface area contributed by atoms with E-state index in [9.17, 15) is 4.79 Å². The number of Topliss-reactive ketones (excluding diaryl/α,β-unsaturated/α-hetero) is 1. The van der Waals surface area contributed by atoms with Gasteiger partial charge in [0.15, 0.2) is 5.78 Å². The molecule has 0 saturated carbocycles. The molecule has 1 N–H and O–H groups in total. The van der Waals surface area contributed by atoms with Gasteiger partial charge in [-0.1, -0.05) is 13.8 Å². The molecule has 22 heavy (non-hydrogen) atoms. The highest BCUT2D eigenvalue weighted by atomic mass is 16.5. The summed E-state index contributed by atoms with van der Waals surface area (Å²) < 4.78 is 5.47. The van der Waals surface area contributed by atoms with Crippen LogP contribution in [0.2, 0.25) is 0 Å². The zero-order chi connectivity index (χ0) is 16.3. The Morgan fingerprint density at radius 1 is 1.23 bits per heavy atom. The second-order valence-corrected chi connectivity index (χ2v) is 6.39. The summed E-state index contributed by atoms with van der Waals surface area (Å²) in [5.41, 5.74) is 2.92. The van der Waals surface area contributed by atoms with Crippen LogP contribution in [0.4, 0.5) is 0 Å². The maximum absolute atomic E-state index is 12.9. The first kappa shape index (κ1) is 17.0. The van der Waals surface area contributed by atoms with Gasteiger partial charge < -0.3 is 10.1 Å². The predicted octanol–water partition coefficient (Wildman–Crippen LogP) is 2.60. The van der Waals surface area contributed by atoms with E-state index in [1.165, 1.54) is 0 Å². The smallest absolute Gasteiger partial charge is 0.179 e. The van der Waals surface area contributed by atoms with E-state index < -0.39 is 0 Å². The van der Waals surface area contributed by atoms with Crippen LogP contribution in [0.1, 0.15) is 48.2 Å². The molecule has 0 radical (unpaired) electrons. The third kappa shape index (κ3) is 3.50. The van der Waals surface area contributed by atoms with Gasteiger partial charge in [-0.3, -0.25) is 9.69 Å². The van der Waals surface area contributed by atoms with Crippen LogP contribution in [0.25, 0.3) is 0 Å². The highest BCUT2D eigenvalue weighted by Crippen LogP contribution is 2.30. The Morgan fingerprint density at radius 3 is 2.41 bits per heavy atom. The number of benzene rings is 1. The highest BCUT2D eigenvalue weighted by Gasteiger charge is 2.26. The van der Waals surface area contributed by atoms with Crippen molar-refractivity contribution in [1.29, 1.82) is 0 Å². The summed E-state index contributed by atoms with van der Waals surface area (Å²) in [6, 6.07) is 3.95. The maximum atomic E-state index is 12.9. The molecule has 1 aliphatic heterocycles. The Kier molecular flexibility index (Phi) is 5.59. The molecule has 1 aromatic rings. The lowest BCUT2D eigenvalue weighted by atomic mass is 9.92. The van der Waals surface area contributed by atoms with Gasteiger partial charge in [-0.05, 0) is 43.0 Å². The maximum Gasteiger partial charge on any atom is 0.179 e. The van der Waals surface area contributed by atoms with Crippen molar-refractivity contribution in [2.75, 3.05) is 33.3 Å². The standard InChI is InChI=1S/C18H28N2O2/c1-12(2)15-11-16(13(3)10-17(15)22-5)18(21)14(4)20-8-6-19-7-9-20/h10-12,14,19H,6-9H2,1-5H3. The Morgan fingerprint density at radius 2 is 1.86 bits per heavy atom. The second-order valence-electron chi connectivity index (χ2n) is 6.39. The van der Waals surface area contributed by atoms with Gasteiger partial charge in [-0.25, -0.2) is 0 Å². The van der Waals surface area contributed by atoms with Crippen LogP contribution in [0.5, 0.6) is 5.75 Å². The summed E-state index contributed by atoms with van der Waals surface area (Å²) >= 11 is 0. The first-order valence-electron chi connectivity index (χ1n) is 8.13. The van der Waals surface area contributed by atoms with Gasteiger partial charge in [-0.15, -0.1) is 0 Å². The van der Waals surface area contributed by atoms with Crippen LogP contribution < -0.4 is 10.1 Å². The number of rotatable bonds is 5. The Bertz CT molecular complexity index is 534. The molecule has 0 spiro atoms. The first-order valence-corrected chi connectivity index (χ1v) is 8.13. The number of nitrogens with zero attached hydrogens (tertiary/aromatic N) is 1. The number of aryl methyl sites for hydroxylation is 1. The molecule has 122 valence electrons. The van der Waals surface area contributed by atoms with Crippen LogP contribution in [0.15, 0.2) is 12.1 Å². The number of nitrogens with one attached hydrogen (secondary N) is 1. The number of ether oxygens (including phenoxy) is 1. The normalized spacial score (nSPS) is 17.5. The molecular formula is C18H28N2O2. The van der Waals surface area contributed by atoms with Crippen LogP contribution in [-0.4, -0.2) is 50.0 Å². The molecule has 0 bridgehead atoms. The molecule has 1 heterocycles. The Balaban J connectivity index is 2.30. The van der Waals surface area contributed by atoms with Gasteiger partial charge in [0.05, 0.1) is 13.2 Å². The fraction of sp³-hybridized carbons (Fsp3) is 0.611. The van der Waals surface area contributed by atoms with Crippen molar-refractivity contribution >= 4 is 5.78 Å². The largest absolute Gasteiger partial charge is 0.496 e.